The summed E-state index contributed by atoms with van der Waals surface area (Å²) in [5, 5.41) is 10.7. The SMILES string of the molecule is Cc1oc(C)c2c(=O)ccc3c(c12)OC(N)=C(C#N)C3c1ccccc1. The number of rotatable bonds is 1. The highest BCUT2D eigenvalue weighted by Gasteiger charge is 2.32. The van der Waals surface area contributed by atoms with Crippen LogP contribution in [0.2, 0.25) is 0 Å². The Kier molecular flexibility index (Phi) is 3.55. The van der Waals surface area contributed by atoms with Crippen LogP contribution in [-0.4, -0.2) is 0 Å². The summed E-state index contributed by atoms with van der Waals surface area (Å²) in [4.78, 5) is 12.6. The maximum absolute atomic E-state index is 12.6. The van der Waals surface area contributed by atoms with E-state index in [2.05, 4.69) is 6.07 Å². The van der Waals surface area contributed by atoms with E-state index in [1.54, 1.807) is 19.9 Å². The second-order valence-corrected chi connectivity index (χ2v) is 6.28. The number of nitrogens with two attached hydrogens (primary N) is 1. The van der Waals surface area contributed by atoms with Gasteiger partial charge in [-0.1, -0.05) is 36.4 Å². The van der Waals surface area contributed by atoms with Crippen LogP contribution in [0.15, 0.2) is 63.1 Å². The number of hydrogen-bond donors (Lipinski definition) is 1. The van der Waals surface area contributed by atoms with Gasteiger partial charge in [-0.05, 0) is 25.5 Å². The first-order valence-corrected chi connectivity index (χ1v) is 8.22. The Morgan fingerprint density at radius 2 is 1.73 bits per heavy atom. The van der Waals surface area contributed by atoms with Gasteiger partial charge in [0.15, 0.2) is 5.43 Å². The molecule has 5 heteroatoms. The molecule has 1 aliphatic heterocycles. The number of ether oxygens (including phenoxy) is 1. The van der Waals surface area contributed by atoms with Gasteiger partial charge < -0.3 is 14.9 Å². The lowest BCUT2D eigenvalue weighted by molar-refractivity contribution is 0.398. The Bertz CT molecular complexity index is 1170. The summed E-state index contributed by atoms with van der Waals surface area (Å²) in [6.45, 7) is 3.54. The zero-order valence-corrected chi connectivity index (χ0v) is 14.4. The number of aryl methyl sites for hydroxylation is 2. The molecule has 0 spiro atoms. The van der Waals surface area contributed by atoms with Crippen LogP contribution in [0.3, 0.4) is 0 Å². The molecule has 0 amide bonds. The average Bonchev–Trinajstić information content (AvgIpc) is 2.84. The standard InChI is InChI=1S/C21H16N2O3/c1-11-17-16(24)9-8-14-19(13-6-4-3-5-7-13)15(10-22)21(23)26-20(14)18(17)12(2)25-11/h3-9,19H,23H2,1-2H3. The van der Waals surface area contributed by atoms with Crippen molar-refractivity contribution in [2.45, 2.75) is 19.8 Å². The fraction of sp³-hybridized carbons (Fsp3) is 0.143. The highest BCUT2D eigenvalue weighted by Crippen LogP contribution is 2.45. The first kappa shape index (κ1) is 16.0. The summed E-state index contributed by atoms with van der Waals surface area (Å²) in [7, 11) is 0. The minimum Gasteiger partial charge on any atom is -0.465 e. The molecule has 1 unspecified atom stereocenters. The Balaban J connectivity index is 2.16. The van der Waals surface area contributed by atoms with Crippen LogP contribution in [0.4, 0.5) is 0 Å². The number of nitrogens with zero attached hydrogens (tertiary/aromatic N) is 1. The summed E-state index contributed by atoms with van der Waals surface area (Å²) in [6, 6.07) is 15.0. The quantitative estimate of drug-likeness (QED) is 0.728. The van der Waals surface area contributed by atoms with E-state index in [9.17, 15) is 10.1 Å². The van der Waals surface area contributed by atoms with Crippen molar-refractivity contribution >= 4 is 10.8 Å². The van der Waals surface area contributed by atoms with Crippen LogP contribution in [-0.2, 0) is 0 Å². The van der Waals surface area contributed by atoms with Crippen molar-refractivity contribution in [2.75, 3.05) is 0 Å². The number of allylic oxidation sites excluding steroid dienone is 1. The van der Waals surface area contributed by atoms with Gasteiger partial charge in [0.1, 0.15) is 28.9 Å². The second kappa shape index (κ2) is 5.78. The molecule has 0 saturated carbocycles. The Morgan fingerprint density at radius 3 is 2.42 bits per heavy atom. The lowest BCUT2D eigenvalue weighted by atomic mass is 9.84. The van der Waals surface area contributed by atoms with Crippen LogP contribution in [0.25, 0.3) is 10.8 Å². The van der Waals surface area contributed by atoms with E-state index in [0.29, 0.717) is 33.6 Å². The maximum atomic E-state index is 12.6. The largest absolute Gasteiger partial charge is 0.465 e. The van der Waals surface area contributed by atoms with Crippen LogP contribution < -0.4 is 15.9 Å². The molecule has 0 fully saturated rings. The molecule has 5 nitrogen and oxygen atoms in total. The first-order valence-electron chi connectivity index (χ1n) is 8.22. The van der Waals surface area contributed by atoms with E-state index < -0.39 is 5.92 Å². The van der Waals surface area contributed by atoms with Gasteiger partial charge >= 0.3 is 0 Å². The zero-order valence-electron chi connectivity index (χ0n) is 14.4. The fourth-order valence-corrected chi connectivity index (χ4v) is 3.63. The summed E-state index contributed by atoms with van der Waals surface area (Å²) in [5.74, 6) is 1.24. The van der Waals surface area contributed by atoms with E-state index in [4.69, 9.17) is 14.9 Å². The number of furan rings is 1. The third-order valence-corrected chi connectivity index (χ3v) is 4.74. The Morgan fingerprint density at radius 1 is 1.04 bits per heavy atom. The molecule has 0 radical (unpaired) electrons. The van der Waals surface area contributed by atoms with Crippen LogP contribution in [0, 0.1) is 25.2 Å². The van der Waals surface area contributed by atoms with Gasteiger partial charge in [-0.25, -0.2) is 0 Å². The molecule has 1 aliphatic rings. The number of benzene rings is 1. The summed E-state index contributed by atoms with van der Waals surface area (Å²) < 4.78 is 11.5. The molecular weight excluding hydrogens is 328 g/mol. The van der Waals surface area contributed by atoms with E-state index in [1.165, 1.54) is 6.07 Å². The predicted octanol–water partition coefficient (Wildman–Crippen LogP) is 3.63. The van der Waals surface area contributed by atoms with E-state index in [0.717, 1.165) is 11.1 Å². The van der Waals surface area contributed by atoms with Gasteiger partial charge in [0.05, 0.1) is 16.7 Å². The smallest absolute Gasteiger partial charge is 0.205 e. The second-order valence-electron chi connectivity index (χ2n) is 6.28. The van der Waals surface area contributed by atoms with Crippen LogP contribution in [0.5, 0.6) is 5.75 Å². The molecule has 2 aromatic carbocycles. The molecule has 0 aliphatic carbocycles. The van der Waals surface area contributed by atoms with Gasteiger partial charge in [-0.2, -0.15) is 5.26 Å². The van der Waals surface area contributed by atoms with Gasteiger partial charge in [-0.3, -0.25) is 4.79 Å². The Labute approximate surface area is 149 Å². The molecule has 4 rings (SSSR count). The molecule has 1 aromatic heterocycles. The van der Waals surface area contributed by atoms with Crippen molar-refractivity contribution in [2.24, 2.45) is 5.73 Å². The van der Waals surface area contributed by atoms with Crippen molar-refractivity contribution in [1.29, 1.82) is 5.26 Å². The van der Waals surface area contributed by atoms with Crippen LogP contribution >= 0.6 is 0 Å². The number of hydrogen-bond acceptors (Lipinski definition) is 5. The molecule has 26 heavy (non-hydrogen) atoms. The van der Waals surface area contributed by atoms with Crippen molar-refractivity contribution < 1.29 is 9.15 Å². The zero-order chi connectivity index (χ0) is 18.4. The Hall–Kier alpha value is -3.52. The monoisotopic (exact) mass is 344 g/mol. The molecule has 1 atom stereocenters. The minimum absolute atomic E-state index is 0.0482. The molecule has 2 N–H and O–H groups in total. The molecule has 128 valence electrons. The summed E-state index contributed by atoms with van der Waals surface area (Å²) >= 11 is 0. The molecule has 0 bridgehead atoms. The van der Waals surface area contributed by atoms with Gasteiger partial charge in [0.25, 0.3) is 0 Å². The molecule has 3 aromatic rings. The molecule has 2 heterocycles. The highest BCUT2D eigenvalue weighted by atomic mass is 16.5. The lowest BCUT2D eigenvalue weighted by Crippen LogP contribution is -2.20. The third-order valence-electron chi connectivity index (χ3n) is 4.74. The first-order chi connectivity index (χ1) is 12.5. The fourth-order valence-electron chi connectivity index (χ4n) is 3.63. The molecule has 0 saturated heterocycles. The number of fused-ring (bicyclic) bond motifs is 3. The van der Waals surface area contributed by atoms with Gasteiger partial charge in [-0.15, -0.1) is 0 Å². The van der Waals surface area contributed by atoms with Gasteiger partial charge in [0, 0.05) is 5.56 Å². The van der Waals surface area contributed by atoms with E-state index >= 15 is 0 Å². The van der Waals surface area contributed by atoms with E-state index in [-0.39, 0.29) is 11.3 Å². The van der Waals surface area contributed by atoms with Crippen molar-refractivity contribution in [3.63, 3.8) is 0 Å². The summed E-state index contributed by atoms with van der Waals surface area (Å²) in [5.41, 5.74) is 7.88. The van der Waals surface area contributed by atoms with E-state index in [1.807, 2.05) is 30.3 Å². The normalized spacial score (nSPS) is 16.1. The highest BCUT2D eigenvalue weighted by molar-refractivity contribution is 5.93. The molecular formula is C21H16N2O3. The minimum atomic E-state index is -0.408. The number of nitriles is 1. The predicted molar refractivity (Wildman–Crippen MR) is 97.7 cm³/mol. The van der Waals surface area contributed by atoms with Crippen molar-refractivity contribution in [3.05, 3.63) is 86.8 Å². The maximum Gasteiger partial charge on any atom is 0.205 e. The van der Waals surface area contributed by atoms with Gasteiger partial charge in [0.2, 0.25) is 5.88 Å². The topological polar surface area (TPSA) is 89.2 Å². The lowest BCUT2D eigenvalue weighted by Gasteiger charge is -2.25. The van der Waals surface area contributed by atoms with Crippen molar-refractivity contribution in [3.8, 4) is 11.8 Å². The third kappa shape index (κ3) is 2.20. The summed E-state index contributed by atoms with van der Waals surface area (Å²) in [6.07, 6.45) is 0. The van der Waals surface area contributed by atoms with Crippen LogP contribution in [0.1, 0.15) is 28.6 Å². The van der Waals surface area contributed by atoms with Crippen molar-refractivity contribution in [1.82, 2.24) is 0 Å². The average molecular weight is 344 g/mol.